The second-order valence-electron chi connectivity index (χ2n) is 7.48. The Morgan fingerprint density at radius 2 is 1.84 bits per heavy atom. The molecule has 0 radical (unpaired) electrons. The van der Waals surface area contributed by atoms with Crippen molar-refractivity contribution < 1.29 is 23.3 Å². The van der Waals surface area contributed by atoms with Crippen molar-refractivity contribution >= 4 is 34.5 Å². The Morgan fingerprint density at radius 1 is 1.10 bits per heavy atom. The Morgan fingerprint density at radius 3 is 2.58 bits per heavy atom. The Labute approximate surface area is 188 Å². The van der Waals surface area contributed by atoms with E-state index in [-0.39, 0.29) is 25.1 Å². The van der Waals surface area contributed by atoms with E-state index in [9.17, 15) is 13.8 Å². The lowest BCUT2D eigenvalue weighted by Crippen LogP contribution is -2.49. The molecule has 7 nitrogen and oxygen atoms in total. The van der Waals surface area contributed by atoms with Crippen molar-refractivity contribution in [2.24, 2.45) is 0 Å². The van der Waals surface area contributed by atoms with Crippen LogP contribution in [0.15, 0.2) is 47.4 Å². The minimum absolute atomic E-state index is 0.214. The zero-order valence-corrected chi connectivity index (χ0v) is 18.5. The summed E-state index contributed by atoms with van der Waals surface area (Å²) in [5, 5.41) is 0.645. The Balaban J connectivity index is 1.19. The smallest absolute Gasteiger partial charge is 0.410 e. The molecule has 1 atom stereocenters. The highest BCUT2D eigenvalue weighted by Crippen LogP contribution is 2.28. The molecule has 0 aliphatic carbocycles. The van der Waals surface area contributed by atoms with Gasteiger partial charge in [0, 0.05) is 54.0 Å². The summed E-state index contributed by atoms with van der Waals surface area (Å²) in [6.07, 6.45) is -0.0554. The number of hydrogen-bond donors (Lipinski definition) is 0. The predicted octanol–water partition coefficient (Wildman–Crippen LogP) is 2.86. The lowest BCUT2D eigenvalue weighted by atomic mass is 10.2. The third-order valence-electron chi connectivity index (χ3n) is 5.36. The highest BCUT2D eigenvalue weighted by atomic mass is 35.5. The van der Waals surface area contributed by atoms with Gasteiger partial charge in [-0.05, 0) is 29.8 Å². The molecule has 31 heavy (non-hydrogen) atoms. The van der Waals surface area contributed by atoms with Gasteiger partial charge in [-0.1, -0.05) is 29.8 Å². The second kappa shape index (κ2) is 9.80. The first kappa shape index (κ1) is 21.8. The average molecular weight is 463 g/mol. The molecule has 164 valence electrons. The summed E-state index contributed by atoms with van der Waals surface area (Å²) in [7, 11) is -1.18. The highest BCUT2D eigenvalue weighted by Gasteiger charge is 2.24. The number of nitrogens with zero attached hydrogens (tertiary/aromatic N) is 2. The van der Waals surface area contributed by atoms with Crippen LogP contribution >= 0.6 is 11.6 Å². The largest absolute Gasteiger partial charge is 0.445 e. The molecule has 1 saturated heterocycles. The van der Waals surface area contributed by atoms with Gasteiger partial charge in [0.1, 0.15) is 12.4 Å². The van der Waals surface area contributed by atoms with Crippen LogP contribution in [0.2, 0.25) is 5.02 Å². The summed E-state index contributed by atoms with van der Waals surface area (Å²) in [4.78, 5) is 28.2. The summed E-state index contributed by atoms with van der Waals surface area (Å²) in [5.74, 6) is 0.720. The third-order valence-corrected chi connectivity index (χ3v) is 6.94. The van der Waals surface area contributed by atoms with E-state index in [1.165, 1.54) is 0 Å². The van der Waals surface area contributed by atoms with E-state index >= 15 is 0 Å². The molecule has 2 aromatic rings. The summed E-state index contributed by atoms with van der Waals surface area (Å²) in [5.41, 5.74) is 1.73. The van der Waals surface area contributed by atoms with Crippen LogP contribution < -0.4 is 4.74 Å². The molecule has 4 rings (SSSR count). The monoisotopic (exact) mass is 462 g/mol. The Bertz CT molecular complexity index is 990. The number of ether oxygens (including phenoxy) is 2. The molecule has 0 spiro atoms. The van der Waals surface area contributed by atoms with Crippen LogP contribution in [0.5, 0.6) is 5.75 Å². The molecule has 1 amide bonds. The molecule has 2 aliphatic rings. The van der Waals surface area contributed by atoms with E-state index in [1.807, 2.05) is 18.2 Å². The Hall–Kier alpha value is -2.42. The van der Waals surface area contributed by atoms with Crippen molar-refractivity contribution in [3.63, 3.8) is 0 Å². The van der Waals surface area contributed by atoms with Crippen LogP contribution in [-0.2, 0) is 33.4 Å². The van der Waals surface area contributed by atoms with Gasteiger partial charge in [-0.3, -0.25) is 13.9 Å². The fourth-order valence-corrected chi connectivity index (χ4v) is 4.78. The minimum atomic E-state index is -1.18. The summed E-state index contributed by atoms with van der Waals surface area (Å²) >= 11 is 5.86. The Kier molecular flexibility index (Phi) is 6.89. The lowest BCUT2D eigenvalue weighted by Gasteiger charge is -2.33. The van der Waals surface area contributed by atoms with Gasteiger partial charge < -0.3 is 14.4 Å². The van der Waals surface area contributed by atoms with Crippen LogP contribution in [0, 0.1) is 0 Å². The normalized spacial score (nSPS) is 17.2. The predicted molar refractivity (Wildman–Crippen MR) is 117 cm³/mol. The van der Waals surface area contributed by atoms with Crippen LogP contribution in [-0.4, -0.2) is 64.5 Å². The van der Waals surface area contributed by atoms with E-state index in [4.69, 9.17) is 21.1 Å². The van der Waals surface area contributed by atoms with Crippen LogP contribution in [0.25, 0.3) is 0 Å². The van der Waals surface area contributed by atoms with Crippen LogP contribution in [0.1, 0.15) is 11.1 Å². The van der Waals surface area contributed by atoms with Gasteiger partial charge in [-0.25, -0.2) is 4.79 Å². The number of carbonyl (C=O) groups excluding carboxylic acids is 2. The van der Waals surface area contributed by atoms with Crippen molar-refractivity contribution in [1.29, 1.82) is 0 Å². The zero-order valence-electron chi connectivity index (χ0n) is 16.9. The third kappa shape index (κ3) is 5.64. The van der Waals surface area contributed by atoms with Gasteiger partial charge in [0.25, 0.3) is 0 Å². The minimum Gasteiger partial charge on any atom is -0.445 e. The van der Waals surface area contributed by atoms with Crippen molar-refractivity contribution in [2.45, 2.75) is 17.9 Å². The average Bonchev–Trinajstić information content (AvgIpc) is 3.16. The molecule has 1 unspecified atom stereocenters. The maximum Gasteiger partial charge on any atom is 0.410 e. The first-order chi connectivity index (χ1) is 15.0. The molecular weight excluding hydrogens is 440 g/mol. The van der Waals surface area contributed by atoms with Crippen LogP contribution in [0.3, 0.4) is 0 Å². The number of fused-ring (bicyclic) bond motifs is 1. The van der Waals surface area contributed by atoms with Gasteiger partial charge in [-0.2, -0.15) is 0 Å². The molecule has 2 aliphatic heterocycles. The van der Waals surface area contributed by atoms with Crippen molar-refractivity contribution in [2.75, 3.05) is 38.5 Å². The molecule has 0 saturated carbocycles. The summed E-state index contributed by atoms with van der Waals surface area (Å²) in [6.45, 7) is 3.42. The number of rotatable bonds is 6. The summed E-state index contributed by atoms with van der Waals surface area (Å²) < 4.78 is 23.2. The molecule has 2 heterocycles. The number of piperazine rings is 1. The summed E-state index contributed by atoms with van der Waals surface area (Å²) in [6, 6.07) is 12.5. The number of benzene rings is 2. The topological polar surface area (TPSA) is 76.2 Å². The number of halogens is 1. The molecule has 2 aromatic carbocycles. The van der Waals surface area contributed by atoms with E-state index in [0.29, 0.717) is 54.1 Å². The maximum absolute atomic E-state index is 12.6. The van der Waals surface area contributed by atoms with Gasteiger partial charge in [0.2, 0.25) is 0 Å². The molecule has 0 aromatic heterocycles. The molecule has 0 bridgehead atoms. The zero-order chi connectivity index (χ0) is 21.8. The molecular formula is C22H23ClN2O5S. The van der Waals surface area contributed by atoms with E-state index in [0.717, 1.165) is 11.1 Å². The number of hydrogen-bond acceptors (Lipinski definition) is 6. The first-order valence-electron chi connectivity index (χ1n) is 10.1. The van der Waals surface area contributed by atoms with E-state index in [1.54, 1.807) is 29.2 Å². The van der Waals surface area contributed by atoms with Crippen molar-refractivity contribution in [3.8, 4) is 5.75 Å². The fourth-order valence-electron chi connectivity index (χ4n) is 3.53. The fraction of sp³-hybridized carbons (Fsp3) is 0.364. The number of carbonyl (C=O) groups is 2. The van der Waals surface area contributed by atoms with E-state index < -0.39 is 10.8 Å². The quantitative estimate of drug-likeness (QED) is 0.485. The number of amides is 1. The SMILES string of the molecule is O=C1Cc2ccc(S(=O)CCN3CCN(C(=O)OCc4ccc(Cl)cc4)CC3)cc2O1. The highest BCUT2D eigenvalue weighted by molar-refractivity contribution is 7.85. The first-order valence-corrected chi connectivity index (χ1v) is 11.8. The van der Waals surface area contributed by atoms with E-state index in [2.05, 4.69) is 4.90 Å². The molecule has 9 heteroatoms. The van der Waals surface area contributed by atoms with Gasteiger partial charge in [-0.15, -0.1) is 0 Å². The van der Waals surface area contributed by atoms with Crippen molar-refractivity contribution in [1.82, 2.24) is 9.80 Å². The van der Waals surface area contributed by atoms with Crippen LogP contribution in [0.4, 0.5) is 4.79 Å². The lowest BCUT2D eigenvalue weighted by molar-refractivity contribution is -0.131. The van der Waals surface area contributed by atoms with Gasteiger partial charge in [0.05, 0.1) is 17.2 Å². The number of esters is 1. The standard InChI is InChI=1S/C22H23ClN2O5S/c23-18-4-1-16(2-5-18)15-29-22(27)25-9-7-24(8-10-25)11-12-31(28)19-6-3-17-13-21(26)30-20(17)14-19/h1-6,14H,7-13,15H2. The maximum atomic E-state index is 12.6. The second-order valence-corrected chi connectivity index (χ2v) is 9.49. The van der Waals surface area contributed by atoms with Crippen molar-refractivity contribution in [3.05, 3.63) is 58.6 Å². The molecule has 1 fully saturated rings. The van der Waals surface area contributed by atoms with Gasteiger partial charge >= 0.3 is 12.1 Å². The molecule has 0 N–H and O–H groups in total. The van der Waals surface area contributed by atoms with Gasteiger partial charge in [0.15, 0.2) is 0 Å².